The molecule has 1 nitrogen and oxygen atoms in total. The van der Waals surface area contributed by atoms with Crippen molar-refractivity contribution in [2.45, 2.75) is 26.3 Å². The predicted molar refractivity (Wildman–Crippen MR) is 60.2 cm³/mol. The molecular weight excluding hydrogens is 213 g/mol. The van der Waals surface area contributed by atoms with E-state index in [0.717, 1.165) is 6.42 Å². The third-order valence-corrected chi connectivity index (χ3v) is 3.58. The molecule has 82 valence electrons. The van der Waals surface area contributed by atoms with E-state index in [1.165, 1.54) is 6.07 Å². The summed E-state index contributed by atoms with van der Waals surface area (Å²) >= 11 is 5.69. The molecule has 2 atom stereocenters. The van der Waals surface area contributed by atoms with Crippen molar-refractivity contribution in [3.8, 4) is 0 Å². The van der Waals surface area contributed by atoms with Crippen molar-refractivity contribution in [1.82, 2.24) is 0 Å². The first-order valence-corrected chi connectivity index (χ1v) is 5.50. The summed E-state index contributed by atoms with van der Waals surface area (Å²) in [6, 6.07) is 4.50. The summed E-state index contributed by atoms with van der Waals surface area (Å²) in [5, 5.41) is 0.415. The van der Waals surface area contributed by atoms with Gasteiger partial charge in [-0.15, -0.1) is 0 Å². The third-order valence-electron chi connectivity index (χ3n) is 3.34. The van der Waals surface area contributed by atoms with Crippen LogP contribution in [0.2, 0.25) is 5.02 Å². The molecule has 0 amide bonds. The molecule has 0 bridgehead atoms. The summed E-state index contributed by atoms with van der Waals surface area (Å²) in [6.45, 7) is 4.32. The molecule has 2 N–H and O–H groups in total. The normalized spacial score (nSPS) is 25.0. The van der Waals surface area contributed by atoms with Crippen molar-refractivity contribution < 1.29 is 4.39 Å². The molecule has 1 aliphatic carbocycles. The summed E-state index contributed by atoms with van der Waals surface area (Å²) in [5.74, 6) is 0.0888. The van der Waals surface area contributed by atoms with Crippen molar-refractivity contribution in [3.05, 3.63) is 34.6 Å². The van der Waals surface area contributed by atoms with E-state index in [-0.39, 0.29) is 17.3 Å². The molecule has 1 saturated carbocycles. The smallest absolute Gasteiger partial charge is 0.129 e. The maximum absolute atomic E-state index is 13.6. The lowest BCUT2D eigenvalue weighted by Gasteiger charge is -2.14. The second-order valence-electron chi connectivity index (χ2n) is 4.99. The molecule has 0 aromatic heterocycles. The van der Waals surface area contributed by atoms with Crippen molar-refractivity contribution in [2.75, 3.05) is 0 Å². The molecule has 1 aromatic rings. The first-order valence-electron chi connectivity index (χ1n) is 5.12. The van der Waals surface area contributed by atoms with Crippen LogP contribution in [-0.4, -0.2) is 0 Å². The van der Waals surface area contributed by atoms with E-state index in [1.54, 1.807) is 12.1 Å². The molecule has 0 radical (unpaired) electrons. The molecule has 15 heavy (non-hydrogen) atoms. The summed E-state index contributed by atoms with van der Waals surface area (Å²) in [5.41, 5.74) is 6.88. The summed E-state index contributed by atoms with van der Waals surface area (Å²) < 4.78 is 13.6. The Labute approximate surface area is 94.4 Å². The number of hydrogen-bond donors (Lipinski definition) is 1. The van der Waals surface area contributed by atoms with Gasteiger partial charge in [0.2, 0.25) is 0 Å². The topological polar surface area (TPSA) is 26.0 Å². The van der Waals surface area contributed by atoms with Gasteiger partial charge in [0.1, 0.15) is 5.82 Å². The molecule has 1 aliphatic rings. The fourth-order valence-electron chi connectivity index (χ4n) is 2.11. The van der Waals surface area contributed by atoms with E-state index < -0.39 is 0 Å². The van der Waals surface area contributed by atoms with Crippen LogP contribution in [0.15, 0.2) is 18.2 Å². The Morgan fingerprint density at radius 1 is 1.53 bits per heavy atom. The summed E-state index contributed by atoms with van der Waals surface area (Å²) in [7, 11) is 0. The third kappa shape index (κ3) is 2.01. The average molecular weight is 228 g/mol. The molecule has 1 fully saturated rings. The largest absolute Gasteiger partial charge is 0.324 e. The number of rotatable bonds is 2. The second kappa shape index (κ2) is 3.46. The Morgan fingerprint density at radius 3 is 2.60 bits per heavy atom. The lowest BCUT2D eigenvalue weighted by Crippen LogP contribution is -2.16. The van der Waals surface area contributed by atoms with E-state index in [1.807, 2.05) is 0 Å². The van der Waals surface area contributed by atoms with E-state index in [9.17, 15) is 4.39 Å². The lowest BCUT2D eigenvalue weighted by atomic mass is 9.97. The monoisotopic (exact) mass is 227 g/mol. The number of benzene rings is 1. The van der Waals surface area contributed by atoms with Crippen LogP contribution in [-0.2, 0) is 0 Å². The van der Waals surface area contributed by atoms with E-state index >= 15 is 0 Å². The van der Waals surface area contributed by atoms with Gasteiger partial charge in [-0.3, -0.25) is 0 Å². The van der Waals surface area contributed by atoms with E-state index in [0.29, 0.717) is 16.5 Å². The minimum Gasteiger partial charge on any atom is -0.324 e. The average Bonchev–Trinajstić information content (AvgIpc) is 2.74. The first-order chi connectivity index (χ1) is 6.92. The van der Waals surface area contributed by atoms with Crippen LogP contribution in [0.5, 0.6) is 0 Å². The molecule has 2 unspecified atom stereocenters. The maximum Gasteiger partial charge on any atom is 0.129 e. The van der Waals surface area contributed by atoms with E-state index in [4.69, 9.17) is 17.3 Å². The van der Waals surface area contributed by atoms with Crippen LogP contribution >= 0.6 is 11.6 Å². The van der Waals surface area contributed by atoms with Crippen LogP contribution < -0.4 is 5.73 Å². The van der Waals surface area contributed by atoms with Crippen LogP contribution in [0.25, 0.3) is 0 Å². The van der Waals surface area contributed by atoms with Crippen molar-refractivity contribution >= 4 is 11.6 Å². The highest BCUT2D eigenvalue weighted by Crippen LogP contribution is 2.57. The van der Waals surface area contributed by atoms with Crippen LogP contribution in [0.4, 0.5) is 4.39 Å². The summed E-state index contributed by atoms with van der Waals surface area (Å²) in [6.07, 6.45) is 1.07. The zero-order chi connectivity index (χ0) is 11.2. The van der Waals surface area contributed by atoms with Crippen molar-refractivity contribution in [1.29, 1.82) is 0 Å². The molecular formula is C12H15ClFN. The van der Waals surface area contributed by atoms with Gasteiger partial charge in [-0.05, 0) is 29.9 Å². The maximum atomic E-state index is 13.6. The van der Waals surface area contributed by atoms with Gasteiger partial charge >= 0.3 is 0 Å². The van der Waals surface area contributed by atoms with Crippen LogP contribution in [0, 0.1) is 17.2 Å². The first kappa shape index (κ1) is 10.9. The Balaban J connectivity index is 2.23. The van der Waals surface area contributed by atoms with Crippen LogP contribution in [0.3, 0.4) is 0 Å². The quantitative estimate of drug-likeness (QED) is 0.822. The Morgan fingerprint density at radius 2 is 2.13 bits per heavy atom. The number of hydrogen-bond acceptors (Lipinski definition) is 1. The van der Waals surface area contributed by atoms with Gasteiger partial charge in [0.15, 0.2) is 0 Å². The van der Waals surface area contributed by atoms with Gasteiger partial charge in [0.25, 0.3) is 0 Å². The molecule has 0 aliphatic heterocycles. The zero-order valence-electron chi connectivity index (χ0n) is 8.93. The highest BCUT2D eigenvalue weighted by atomic mass is 35.5. The standard InChI is InChI=1S/C12H15ClFN/c1-12(2)6-9(12)11(15)8-4-3-7(13)5-10(8)14/h3-5,9,11H,6,15H2,1-2H3. The second-order valence-corrected chi connectivity index (χ2v) is 5.43. The highest BCUT2D eigenvalue weighted by molar-refractivity contribution is 6.30. The molecule has 3 heteroatoms. The fourth-order valence-corrected chi connectivity index (χ4v) is 2.27. The highest BCUT2D eigenvalue weighted by Gasteiger charge is 2.49. The van der Waals surface area contributed by atoms with Gasteiger partial charge in [-0.2, -0.15) is 0 Å². The van der Waals surface area contributed by atoms with Gasteiger partial charge in [-0.1, -0.05) is 31.5 Å². The molecule has 0 saturated heterocycles. The Hall–Kier alpha value is -0.600. The molecule has 1 aromatic carbocycles. The fraction of sp³-hybridized carbons (Fsp3) is 0.500. The van der Waals surface area contributed by atoms with Gasteiger partial charge in [0, 0.05) is 16.6 Å². The molecule has 0 spiro atoms. The van der Waals surface area contributed by atoms with Crippen molar-refractivity contribution in [3.63, 3.8) is 0 Å². The minimum atomic E-state index is -0.294. The SMILES string of the molecule is CC1(C)CC1C(N)c1ccc(Cl)cc1F. The van der Waals surface area contributed by atoms with Gasteiger partial charge in [-0.25, -0.2) is 4.39 Å². The molecule has 0 heterocycles. The predicted octanol–water partition coefficient (Wildman–Crippen LogP) is 3.53. The Bertz CT molecular complexity index is 389. The van der Waals surface area contributed by atoms with E-state index in [2.05, 4.69) is 13.8 Å². The number of halogens is 2. The minimum absolute atomic E-state index is 0.211. The Kier molecular flexibility index (Phi) is 2.52. The lowest BCUT2D eigenvalue weighted by molar-refractivity contribution is 0.474. The van der Waals surface area contributed by atoms with Gasteiger partial charge < -0.3 is 5.73 Å². The van der Waals surface area contributed by atoms with Crippen molar-refractivity contribution in [2.24, 2.45) is 17.1 Å². The molecule has 2 rings (SSSR count). The van der Waals surface area contributed by atoms with Crippen LogP contribution in [0.1, 0.15) is 31.9 Å². The number of nitrogens with two attached hydrogens (primary N) is 1. The zero-order valence-corrected chi connectivity index (χ0v) is 9.68. The van der Waals surface area contributed by atoms with Gasteiger partial charge in [0.05, 0.1) is 0 Å². The summed E-state index contributed by atoms with van der Waals surface area (Å²) in [4.78, 5) is 0.